The predicted molar refractivity (Wildman–Crippen MR) is 119 cm³/mol. The lowest BCUT2D eigenvalue weighted by Gasteiger charge is -2.26. The molecule has 1 fully saturated rings. The number of carbonyl (C=O) groups is 2. The van der Waals surface area contributed by atoms with Gasteiger partial charge in [0.15, 0.2) is 0 Å². The highest BCUT2D eigenvalue weighted by molar-refractivity contribution is 6.46. The van der Waals surface area contributed by atoms with Crippen molar-refractivity contribution in [1.82, 2.24) is 9.88 Å². The fraction of sp³-hybridized carbons (Fsp3) is 0.160. The molecule has 31 heavy (non-hydrogen) atoms. The van der Waals surface area contributed by atoms with Gasteiger partial charge in [0.05, 0.1) is 11.6 Å². The van der Waals surface area contributed by atoms with Crippen molar-refractivity contribution in [2.45, 2.75) is 26.4 Å². The van der Waals surface area contributed by atoms with Gasteiger partial charge in [0.2, 0.25) is 0 Å². The Labute approximate surface area is 185 Å². The third-order valence-corrected chi connectivity index (χ3v) is 5.78. The van der Waals surface area contributed by atoms with Crippen LogP contribution in [-0.2, 0) is 16.1 Å². The summed E-state index contributed by atoms with van der Waals surface area (Å²) < 4.78 is 0. The largest absolute Gasteiger partial charge is 0.507 e. The molecule has 0 aliphatic carbocycles. The van der Waals surface area contributed by atoms with Crippen molar-refractivity contribution in [3.8, 4) is 0 Å². The molecule has 1 amide bonds. The fourth-order valence-corrected chi connectivity index (χ4v) is 3.98. The number of benzene rings is 2. The number of aromatic nitrogens is 1. The van der Waals surface area contributed by atoms with Crippen LogP contribution >= 0.6 is 11.6 Å². The molecule has 0 bridgehead atoms. The number of amides is 1. The first-order valence-electron chi connectivity index (χ1n) is 9.87. The van der Waals surface area contributed by atoms with E-state index in [9.17, 15) is 14.7 Å². The molecular weight excluding hydrogens is 412 g/mol. The monoisotopic (exact) mass is 432 g/mol. The number of Topliss-reactive ketones (excluding diaryl/α,β-unsaturated/α-hetero) is 1. The van der Waals surface area contributed by atoms with Crippen LogP contribution in [0.2, 0.25) is 5.02 Å². The summed E-state index contributed by atoms with van der Waals surface area (Å²) in [6, 6.07) is 15.3. The van der Waals surface area contributed by atoms with Crippen molar-refractivity contribution < 1.29 is 14.7 Å². The second-order valence-corrected chi connectivity index (χ2v) is 8.08. The molecule has 1 aromatic heterocycles. The van der Waals surface area contributed by atoms with E-state index < -0.39 is 17.7 Å². The molecule has 1 saturated heterocycles. The van der Waals surface area contributed by atoms with Gasteiger partial charge in [-0.2, -0.15) is 0 Å². The standard InChI is InChI=1S/C25H21ClN2O3/c1-15-3-4-16(2)19(13-15)14-28-22(17-9-11-27-12-10-17)21(24(30)25(28)31)23(29)18-5-7-20(26)8-6-18/h3-13,22,29H,14H2,1-2H3/b23-21+. The smallest absolute Gasteiger partial charge is 0.295 e. The molecule has 3 aromatic rings. The highest BCUT2D eigenvalue weighted by atomic mass is 35.5. The summed E-state index contributed by atoms with van der Waals surface area (Å²) >= 11 is 5.96. The molecule has 5 nitrogen and oxygen atoms in total. The van der Waals surface area contributed by atoms with Crippen LogP contribution in [0.3, 0.4) is 0 Å². The lowest BCUT2D eigenvalue weighted by Crippen LogP contribution is -2.29. The third kappa shape index (κ3) is 3.97. The molecule has 2 heterocycles. The summed E-state index contributed by atoms with van der Waals surface area (Å²) in [5.74, 6) is -1.57. The van der Waals surface area contributed by atoms with E-state index in [0.717, 1.165) is 16.7 Å². The van der Waals surface area contributed by atoms with E-state index in [2.05, 4.69) is 4.98 Å². The van der Waals surface area contributed by atoms with E-state index >= 15 is 0 Å². The number of aryl methyl sites for hydroxylation is 2. The number of aliphatic hydroxyl groups excluding tert-OH is 1. The van der Waals surface area contributed by atoms with Crippen molar-refractivity contribution in [1.29, 1.82) is 0 Å². The van der Waals surface area contributed by atoms with Gasteiger partial charge in [-0.15, -0.1) is 0 Å². The number of pyridine rings is 1. The van der Waals surface area contributed by atoms with Gasteiger partial charge in [-0.05, 0) is 66.9 Å². The zero-order chi connectivity index (χ0) is 22.1. The summed E-state index contributed by atoms with van der Waals surface area (Å²) in [6.07, 6.45) is 3.21. The summed E-state index contributed by atoms with van der Waals surface area (Å²) in [5, 5.41) is 11.5. The number of nitrogens with zero attached hydrogens (tertiary/aromatic N) is 2. The van der Waals surface area contributed by atoms with Crippen LogP contribution < -0.4 is 0 Å². The average Bonchev–Trinajstić information content (AvgIpc) is 3.02. The van der Waals surface area contributed by atoms with E-state index in [1.807, 2.05) is 32.0 Å². The topological polar surface area (TPSA) is 70.5 Å². The Bertz CT molecular complexity index is 1190. The Morgan fingerprint density at radius 2 is 1.71 bits per heavy atom. The predicted octanol–water partition coefficient (Wildman–Crippen LogP) is 4.97. The molecule has 0 saturated carbocycles. The Balaban J connectivity index is 1.86. The highest BCUT2D eigenvalue weighted by Gasteiger charge is 2.46. The first kappa shape index (κ1) is 20.8. The van der Waals surface area contributed by atoms with Gasteiger partial charge in [0.25, 0.3) is 11.7 Å². The van der Waals surface area contributed by atoms with Crippen molar-refractivity contribution in [3.05, 3.63) is 105 Å². The second kappa shape index (κ2) is 8.36. The SMILES string of the molecule is Cc1ccc(C)c(CN2C(=O)C(=O)/C(=C(/O)c3ccc(Cl)cc3)C2c2ccncc2)c1. The first-order chi connectivity index (χ1) is 14.9. The van der Waals surface area contributed by atoms with Gasteiger partial charge < -0.3 is 10.0 Å². The zero-order valence-electron chi connectivity index (χ0n) is 17.2. The molecule has 1 atom stereocenters. The minimum Gasteiger partial charge on any atom is -0.507 e. The van der Waals surface area contributed by atoms with Crippen molar-refractivity contribution >= 4 is 29.1 Å². The van der Waals surface area contributed by atoms with E-state index in [-0.39, 0.29) is 17.9 Å². The third-order valence-electron chi connectivity index (χ3n) is 5.52. The Morgan fingerprint density at radius 3 is 2.39 bits per heavy atom. The van der Waals surface area contributed by atoms with Gasteiger partial charge in [0.1, 0.15) is 5.76 Å². The summed E-state index contributed by atoms with van der Waals surface area (Å²) in [4.78, 5) is 31.7. The van der Waals surface area contributed by atoms with E-state index in [4.69, 9.17) is 11.6 Å². The van der Waals surface area contributed by atoms with Crippen LogP contribution in [0, 0.1) is 13.8 Å². The van der Waals surface area contributed by atoms with Gasteiger partial charge >= 0.3 is 0 Å². The average molecular weight is 433 g/mol. The lowest BCUT2D eigenvalue weighted by molar-refractivity contribution is -0.140. The quantitative estimate of drug-likeness (QED) is 0.359. The molecule has 0 spiro atoms. The maximum Gasteiger partial charge on any atom is 0.295 e. The number of hydrogen-bond donors (Lipinski definition) is 1. The minimum absolute atomic E-state index is 0.0591. The molecule has 156 valence electrons. The van der Waals surface area contributed by atoms with E-state index in [0.29, 0.717) is 16.1 Å². The summed E-state index contributed by atoms with van der Waals surface area (Å²) in [7, 11) is 0. The Hall–Kier alpha value is -3.44. The Kier molecular flexibility index (Phi) is 5.61. The molecule has 0 radical (unpaired) electrons. The van der Waals surface area contributed by atoms with Gasteiger partial charge in [-0.25, -0.2) is 0 Å². The molecular formula is C25H21ClN2O3. The molecule has 1 aliphatic heterocycles. The fourth-order valence-electron chi connectivity index (χ4n) is 3.85. The number of rotatable bonds is 4. The van der Waals surface area contributed by atoms with Crippen LogP contribution in [0.5, 0.6) is 0 Å². The normalized spacial score (nSPS) is 17.9. The number of aliphatic hydroxyl groups is 1. The summed E-state index contributed by atoms with van der Waals surface area (Å²) in [6.45, 7) is 4.21. The minimum atomic E-state index is -0.724. The number of ketones is 1. The van der Waals surface area contributed by atoms with Crippen LogP contribution in [0.15, 0.2) is 72.6 Å². The number of likely N-dealkylation sites (tertiary alicyclic amines) is 1. The molecule has 1 aliphatic rings. The molecule has 6 heteroatoms. The van der Waals surface area contributed by atoms with E-state index in [1.165, 1.54) is 4.90 Å². The molecule has 1 unspecified atom stereocenters. The maximum atomic E-state index is 13.1. The lowest BCUT2D eigenvalue weighted by atomic mass is 9.95. The van der Waals surface area contributed by atoms with E-state index in [1.54, 1.807) is 48.8 Å². The molecule has 2 aromatic carbocycles. The van der Waals surface area contributed by atoms with Gasteiger partial charge in [-0.1, -0.05) is 35.4 Å². The van der Waals surface area contributed by atoms with Crippen molar-refractivity contribution in [2.75, 3.05) is 0 Å². The van der Waals surface area contributed by atoms with Crippen LogP contribution in [0.25, 0.3) is 5.76 Å². The van der Waals surface area contributed by atoms with Crippen molar-refractivity contribution in [2.24, 2.45) is 0 Å². The first-order valence-corrected chi connectivity index (χ1v) is 10.2. The second-order valence-electron chi connectivity index (χ2n) is 7.64. The maximum absolute atomic E-state index is 13.1. The number of carbonyl (C=O) groups excluding carboxylic acids is 2. The number of halogens is 1. The van der Waals surface area contributed by atoms with Crippen LogP contribution in [0.1, 0.15) is 33.9 Å². The van der Waals surface area contributed by atoms with Gasteiger partial charge in [-0.3, -0.25) is 14.6 Å². The van der Waals surface area contributed by atoms with Crippen molar-refractivity contribution in [3.63, 3.8) is 0 Å². The number of hydrogen-bond acceptors (Lipinski definition) is 4. The highest BCUT2D eigenvalue weighted by Crippen LogP contribution is 2.40. The van der Waals surface area contributed by atoms with Crippen LogP contribution in [0.4, 0.5) is 0 Å². The molecule has 1 N–H and O–H groups in total. The Morgan fingerprint density at radius 1 is 1.03 bits per heavy atom. The van der Waals surface area contributed by atoms with Crippen LogP contribution in [-0.4, -0.2) is 26.7 Å². The zero-order valence-corrected chi connectivity index (χ0v) is 17.9. The summed E-state index contributed by atoms with van der Waals surface area (Å²) in [5.41, 5.74) is 4.23. The van der Waals surface area contributed by atoms with Gasteiger partial charge in [0, 0.05) is 29.5 Å². The molecule has 4 rings (SSSR count).